The molecule has 6 atom stereocenters. The number of ether oxygens (including phenoxy) is 2. The third-order valence-corrected chi connectivity index (χ3v) is 5.86. The Balaban J connectivity index is 2.01. The number of rotatable bonds is 8. The van der Waals surface area contributed by atoms with E-state index in [0.29, 0.717) is 10.9 Å². The highest BCUT2D eigenvalue weighted by Gasteiger charge is 2.56. The van der Waals surface area contributed by atoms with Gasteiger partial charge in [-0.15, -0.1) is 0 Å². The second-order valence-electron chi connectivity index (χ2n) is 8.85. The van der Waals surface area contributed by atoms with Crippen LogP contribution in [0, 0.1) is 12.8 Å². The molecule has 6 N–H and O–H groups in total. The van der Waals surface area contributed by atoms with E-state index < -0.39 is 72.7 Å². The smallest absolute Gasteiger partial charge is 0.377 e. The van der Waals surface area contributed by atoms with E-state index in [0.717, 1.165) is 0 Å². The highest BCUT2D eigenvalue weighted by Crippen LogP contribution is 2.35. The van der Waals surface area contributed by atoms with Crippen molar-refractivity contribution in [3.63, 3.8) is 0 Å². The van der Waals surface area contributed by atoms with Crippen molar-refractivity contribution in [3.8, 4) is 5.75 Å². The van der Waals surface area contributed by atoms with Crippen LogP contribution in [0.3, 0.4) is 0 Å². The fourth-order valence-electron chi connectivity index (χ4n) is 3.89. The molecule has 35 heavy (non-hydrogen) atoms. The number of aliphatic hydroxyl groups excluding tert-OH is 4. The van der Waals surface area contributed by atoms with E-state index in [2.05, 4.69) is 5.32 Å². The number of nitrogens with one attached hydrogen (secondary N) is 1. The zero-order valence-corrected chi connectivity index (χ0v) is 19.4. The molecule has 0 saturated carbocycles. The molecule has 1 aliphatic heterocycles. The predicted octanol–water partition coefficient (Wildman–Crippen LogP) is -0.734. The van der Waals surface area contributed by atoms with Crippen molar-refractivity contribution < 1.29 is 49.0 Å². The van der Waals surface area contributed by atoms with Gasteiger partial charge in [-0.3, -0.25) is 4.79 Å². The van der Waals surface area contributed by atoms with E-state index in [-0.39, 0.29) is 11.3 Å². The van der Waals surface area contributed by atoms with E-state index >= 15 is 0 Å². The van der Waals surface area contributed by atoms with Gasteiger partial charge >= 0.3 is 17.4 Å². The zero-order valence-electron chi connectivity index (χ0n) is 19.4. The molecule has 0 bridgehead atoms. The Bertz CT molecular complexity index is 1150. The first-order valence-electron chi connectivity index (χ1n) is 11.0. The van der Waals surface area contributed by atoms with Gasteiger partial charge in [0, 0.05) is 23.4 Å². The molecule has 1 amide bonds. The van der Waals surface area contributed by atoms with Gasteiger partial charge in [-0.2, -0.15) is 0 Å². The Morgan fingerprint density at radius 1 is 1.26 bits per heavy atom. The summed E-state index contributed by atoms with van der Waals surface area (Å²) < 4.78 is 16.4. The van der Waals surface area contributed by atoms with Gasteiger partial charge in [0.2, 0.25) is 5.91 Å². The Morgan fingerprint density at radius 3 is 2.54 bits per heavy atom. The lowest BCUT2D eigenvalue weighted by Crippen LogP contribution is -2.69. The van der Waals surface area contributed by atoms with Crippen molar-refractivity contribution in [2.45, 2.75) is 63.4 Å². The minimum absolute atomic E-state index is 0.0820. The summed E-state index contributed by atoms with van der Waals surface area (Å²) in [5, 5.41) is 53.7. The van der Waals surface area contributed by atoms with Crippen LogP contribution in [0.15, 0.2) is 33.5 Å². The van der Waals surface area contributed by atoms with Crippen molar-refractivity contribution in [2.75, 3.05) is 6.61 Å². The SMILES string of the molecule is Cc1cc(=O)oc2cc(OC3(C(=O)O)C[C@H](O)[C@@H](NC(=O)C(C)C)[C@H]([C@H](O)[C@H](O)CO)O3)ccc12. The van der Waals surface area contributed by atoms with Gasteiger partial charge in [-0.25, -0.2) is 9.59 Å². The quantitative estimate of drug-likeness (QED) is 0.253. The van der Waals surface area contributed by atoms with Crippen LogP contribution < -0.4 is 15.7 Å². The molecule has 192 valence electrons. The highest BCUT2D eigenvalue weighted by molar-refractivity contribution is 5.82. The summed E-state index contributed by atoms with van der Waals surface area (Å²) in [6, 6.07) is 4.22. The number of aliphatic hydroxyl groups is 4. The second kappa shape index (κ2) is 10.3. The van der Waals surface area contributed by atoms with Gasteiger partial charge in [0.15, 0.2) is 0 Å². The lowest BCUT2D eigenvalue weighted by atomic mass is 9.88. The molecule has 1 aromatic heterocycles. The first-order chi connectivity index (χ1) is 16.4. The summed E-state index contributed by atoms with van der Waals surface area (Å²) in [7, 11) is 0. The molecule has 2 heterocycles. The van der Waals surface area contributed by atoms with Gasteiger partial charge in [0.25, 0.3) is 0 Å². The van der Waals surface area contributed by atoms with Crippen molar-refractivity contribution in [2.24, 2.45) is 5.92 Å². The zero-order chi connectivity index (χ0) is 26.1. The molecule has 3 rings (SSSR count). The van der Waals surface area contributed by atoms with Crippen LogP contribution in [0.5, 0.6) is 5.75 Å². The van der Waals surface area contributed by atoms with Crippen LogP contribution in [-0.4, -0.2) is 80.3 Å². The summed E-state index contributed by atoms with van der Waals surface area (Å²) in [6.07, 6.45) is -7.60. The molecular formula is C23H29NO11. The van der Waals surface area contributed by atoms with Crippen molar-refractivity contribution in [1.82, 2.24) is 5.32 Å². The van der Waals surface area contributed by atoms with Gasteiger partial charge in [0.1, 0.15) is 29.6 Å². The Morgan fingerprint density at radius 2 is 1.94 bits per heavy atom. The normalized spacial score (nSPS) is 26.3. The molecule has 1 fully saturated rings. The van der Waals surface area contributed by atoms with E-state index in [9.17, 15) is 39.9 Å². The second-order valence-corrected chi connectivity index (χ2v) is 8.85. The van der Waals surface area contributed by atoms with E-state index in [1.807, 2.05) is 0 Å². The first kappa shape index (κ1) is 26.6. The van der Waals surface area contributed by atoms with E-state index in [1.54, 1.807) is 26.8 Å². The van der Waals surface area contributed by atoms with Gasteiger partial charge in [-0.1, -0.05) is 13.8 Å². The average Bonchev–Trinajstić information content (AvgIpc) is 2.78. The number of benzene rings is 1. The third kappa shape index (κ3) is 5.46. The molecule has 0 radical (unpaired) electrons. The number of aryl methyl sites for hydroxylation is 1. The number of amides is 1. The molecule has 2 aromatic rings. The molecule has 1 aromatic carbocycles. The molecule has 1 unspecified atom stereocenters. The molecule has 1 aliphatic rings. The van der Waals surface area contributed by atoms with Gasteiger partial charge in [0.05, 0.1) is 25.2 Å². The van der Waals surface area contributed by atoms with Gasteiger partial charge in [-0.05, 0) is 24.6 Å². The van der Waals surface area contributed by atoms with Crippen molar-refractivity contribution in [3.05, 3.63) is 40.2 Å². The number of carboxylic acids is 1. The standard InChI is InChI=1S/C23H29NO11/c1-10(2)21(30)24-18-14(26)8-23(22(31)32,35-20(18)19(29)15(27)9-25)34-12-4-5-13-11(3)6-17(28)33-16(13)7-12/h4-7,10,14-15,18-20,25-27,29H,8-9H2,1-3H3,(H,24,30)(H,31,32)/t14-,15+,18+,19+,20+,23?/m0/s1. The molecule has 12 heteroatoms. The summed E-state index contributed by atoms with van der Waals surface area (Å²) in [4.78, 5) is 36.3. The van der Waals surface area contributed by atoms with E-state index in [4.69, 9.17) is 13.9 Å². The van der Waals surface area contributed by atoms with Crippen molar-refractivity contribution >= 4 is 22.8 Å². The number of hydrogen-bond donors (Lipinski definition) is 6. The maximum Gasteiger partial charge on any atom is 0.377 e. The molecule has 0 aliphatic carbocycles. The first-order valence-corrected chi connectivity index (χ1v) is 11.0. The summed E-state index contributed by atoms with van der Waals surface area (Å²) in [5.41, 5.74) is 0.137. The van der Waals surface area contributed by atoms with Crippen LogP contribution in [0.2, 0.25) is 0 Å². The predicted molar refractivity (Wildman–Crippen MR) is 120 cm³/mol. The number of carbonyl (C=O) groups is 2. The Kier molecular flexibility index (Phi) is 7.82. The minimum atomic E-state index is -2.56. The molecule has 0 spiro atoms. The topological polar surface area (TPSA) is 196 Å². The number of aliphatic carboxylic acids is 1. The Hall–Kier alpha value is -3.03. The summed E-state index contributed by atoms with van der Waals surface area (Å²) in [5.74, 6) is -5.33. The fraction of sp³-hybridized carbons (Fsp3) is 0.522. The third-order valence-electron chi connectivity index (χ3n) is 5.86. The van der Waals surface area contributed by atoms with Gasteiger partial charge < -0.3 is 44.7 Å². The largest absolute Gasteiger partial charge is 0.476 e. The summed E-state index contributed by atoms with van der Waals surface area (Å²) in [6.45, 7) is 3.98. The van der Waals surface area contributed by atoms with Crippen LogP contribution in [0.25, 0.3) is 11.0 Å². The lowest BCUT2D eigenvalue weighted by Gasteiger charge is -2.46. The number of fused-ring (bicyclic) bond motifs is 1. The monoisotopic (exact) mass is 495 g/mol. The highest BCUT2D eigenvalue weighted by atomic mass is 16.7. The van der Waals surface area contributed by atoms with Crippen LogP contribution in [0.4, 0.5) is 0 Å². The van der Waals surface area contributed by atoms with Crippen LogP contribution >= 0.6 is 0 Å². The van der Waals surface area contributed by atoms with Crippen molar-refractivity contribution in [1.29, 1.82) is 0 Å². The molecular weight excluding hydrogens is 466 g/mol. The average molecular weight is 495 g/mol. The van der Waals surface area contributed by atoms with Crippen LogP contribution in [0.1, 0.15) is 25.8 Å². The Labute approximate surface area is 199 Å². The van der Waals surface area contributed by atoms with Crippen LogP contribution in [-0.2, 0) is 14.3 Å². The maximum atomic E-state index is 12.3. The fourth-order valence-corrected chi connectivity index (χ4v) is 3.89. The number of carbonyl (C=O) groups excluding carboxylic acids is 1. The number of carboxylic acid groups (broad SMARTS) is 1. The lowest BCUT2D eigenvalue weighted by molar-refractivity contribution is -0.284. The molecule has 1 saturated heterocycles. The number of hydrogen-bond acceptors (Lipinski definition) is 10. The van der Waals surface area contributed by atoms with E-state index in [1.165, 1.54) is 18.2 Å². The minimum Gasteiger partial charge on any atom is -0.476 e. The summed E-state index contributed by atoms with van der Waals surface area (Å²) >= 11 is 0. The maximum absolute atomic E-state index is 12.3. The molecule has 12 nitrogen and oxygen atoms in total.